The van der Waals surface area contributed by atoms with Crippen molar-refractivity contribution in [2.45, 2.75) is 65.7 Å². The van der Waals surface area contributed by atoms with Crippen molar-refractivity contribution in [1.82, 2.24) is 0 Å². The maximum atomic E-state index is 14.4. The molecular weight excluding hydrogens is 431 g/mol. The molecule has 0 aliphatic heterocycles. The molecule has 1 aliphatic carbocycles. The number of carboxylic acids is 1. The summed E-state index contributed by atoms with van der Waals surface area (Å²) in [7, 11) is 0. The van der Waals surface area contributed by atoms with Crippen molar-refractivity contribution in [3.63, 3.8) is 0 Å². The van der Waals surface area contributed by atoms with Crippen molar-refractivity contribution in [3.8, 4) is 0 Å². The van der Waals surface area contributed by atoms with E-state index in [2.05, 4.69) is 37.9 Å². The molecule has 1 aliphatic rings. The Balaban J connectivity index is 1.98. The van der Waals surface area contributed by atoms with E-state index in [1.807, 2.05) is 25.1 Å². The fourth-order valence-corrected chi connectivity index (χ4v) is 4.68. The summed E-state index contributed by atoms with van der Waals surface area (Å²) in [6.45, 7) is 12.0. The van der Waals surface area contributed by atoms with E-state index in [9.17, 15) is 19.1 Å². The minimum atomic E-state index is -0.901. The summed E-state index contributed by atoms with van der Waals surface area (Å²) in [4.78, 5) is 27.4. The van der Waals surface area contributed by atoms with Crippen molar-refractivity contribution in [3.05, 3.63) is 58.9 Å². The molecule has 0 spiro atoms. The molecule has 1 amide bonds. The van der Waals surface area contributed by atoms with E-state index in [0.717, 1.165) is 30.8 Å². The van der Waals surface area contributed by atoms with E-state index in [-0.39, 0.29) is 12.3 Å². The highest BCUT2D eigenvalue weighted by atomic mass is 19.1. The van der Waals surface area contributed by atoms with Gasteiger partial charge in [0.05, 0.1) is 23.2 Å². The van der Waals surface area contributed by atoms with Crippen LogP contribution >= 0.6 is 0 Å². The molecule has 1 saturated carbocycles. The molecule has 0 bridgehead atoms. The number of hydrogen-bond acceptors (Lipinski definition) is 3. The molecule has 2 aromatic carbocycles. The predicted molar refractivity (Wildman–Crippen MR) is 135 cm³/mol. The molecule has 1 fully saturated rings. The van der Waals surface area contributed by atoms with E-state index >= 15 is 0 Å². The average molecular weight is 469 g/mol. The second kappa shape index (κ2) is 10.6. The van der Waals surface area contributed by atoms with Gasteiger partial charge in [-0.25, -0.2) is 4.39 Å². The fraction of sp³-hybridized carbons (Fsp3) is 0.500. The van der Waals surface area contributed by atoms with Gasteiger partial charge in [0, 0.05) is 13.1 Å². The first-order valence-electron chi connectivity index (χ1n) is 12.2. The summed E-state index contributed by atoms with van der Waals surface area (Å²) in [6.07, 6.45) is 1.96. The molecule has 3 rings (SSSR count). The molecule has 34 heavy (non-hydrogen) atoms. The van der Waals surface area contributed by atoms with E-state index in [0.29, 0.717) is 41.5 Å². The number of halogens is 1. The SMILES string of the molecule is Cc1ccc(CC(=O)Nc2cc(C3(C(=O)O)CCC3)ccc2N(CC(C)C)CC(C)C)c(F)c1. The minimum absolute atomic E-state index is 0.0891. The van der Waals surface area contributed by atoms with Gasteiger partial charge in [-0.15, -0.1) is 0 Å². The maximum Gasteiger partial charge on any atom is 0.314 e. The third kappa shape index (κ3) is 5.78. The van der Waals surface area contributed by atoms with Crippen molar-refractivity contribution < 1.29 is 19.1 Å². The number of amides is 1. The summed E-state index contributed by atoms with van der Waals surface area (Å²) in [6, 6.07) is 10.5. The number of rotatable bonds is 10. The zero-order valence-electron chi connectivity index (χ0n) is 21.0. The highest BCUT2D eigenvalue weighted by molar-refractivity contribution is 5.96. The standard InChI is InChI=1S/C28H37FN2O3/c1-18(2)16-31(17-19(3)4)25-10-9-22(28(27(33)34)11-6-12-28)15-24(25)30-26(32)14-21-8-7-20(5)13-23(21)29/h7-10,13,15,18-19H,6,11-12,14,16-17H2,1-5H3,(H,30,32)(H,33,34). The highest BCUT2D eigenvalue weighted by Gasteiger charge is 2.46. The molecule has 5 nitrogen and oxygen atoms in total. The monoisotopic (exact) mass is 468 g/mol. The number of nitrogens with zero attached hydrogens (tertiary/aromatic N) is 1. The Morgan fingerprint density at radius 1 is 1.06 bits per heavy atom. The van der Waals surface area contributed by atoms with Crippen LogP contribution in [0.25, 0.3) is 0 Å². The number of benzene rings is 2. The number of anilines is 2. The Kier molecular flexibility index (Phi) is 8.01. The molecule has 0 heterocycles. The van der Waals surface area contributed by atoms with Crippen LogP contribution in [0.1, 0.15) is 63.6 Å². The van der Waals surface area contributed by atoms with Gasteiger partial charge in [-0.05, 0) is 66.5 Å². The van der Waals surface area contributed by atoms with E-state index < -0.39 is 17.2 Å². The molecule has 0 atom stereocenters. The van der Waals surface area contributed by atoms with Crippen LogP contribution in [0.5, 0.6) is 0 Å². The average Bonchev–Trinajstić information content (AvgIpc) is 2.68. The second-order valence-electron chi connectivity index (χ2n) is 10.5. The van der Waals surface area contributed by atoms with Crippen molar-refractivity contribution >= 4 is 23.3 Å². The Hall–Kier alpha value is -2.89. The normalized spacial score (nSPS) is 14.7. The van der Waals surface area contributed by atoms with Crippen molar-refractivity contribution in [1.29, 1.82) is 0 Å². The molecule has 0 aromatic heterocycles. The van der Waals surface area contributed by atoms with Gasteiger partial charge in [0.15, 0.2) is 0 Å². The summed E-state index contributed by atoms with van der Waals surface area (Å²) < 4.78 is 14.4. The van der Waals surface area contributed by atoms with Crippen LogP contribution in [0.3, 0.4) is 0 Å². The maximum absolute atomic E-state index is 14.4. The summed E-state index contributed by atoms with van der Waals surface area (Å²) >= 11 is 0. The van der Waals surface area contributed by atoms with Crippen LogP contribution in [0.15, 0.2) is 36.4 Å². The molecule has 0 saturated heterocycles. The van der Waals surface area contributed by atoms with Crippen molar-refractivity contribution in [2.75, 3.05) is 23.3 Å². The summed E-state index contributed by atoms with van der Waals surface area (Å²) in [5.74, 6) is -0.745. The van der Waals surface area contributed by atoms with Crippen LogP contribution in [-0.4, -0.2) is 30.1 Å². The van der Waals surface area contributed by atoms with Gasteiger partial charge in [0.2, 0.25) is 5.91 Å². The van der Waals surface area contributed by atoms with Gasteiger partial charge < -0.3 is 15.3 Å². The zero-order chi connectivity index (χ0) is 25.0. The molecule has 0 radical (unpaired) electrons. The predicted octanol–water partition coefficient (Wildman–Crippen LogP) is 5.94. The first kappa shape index (κ1) is 25.7. The number of carboxylic acid groups (broad SMARTS) is 1. The molecule has 2 aromatic rings. The number of nitrogens with one attached hydrogen (secondary N) is 1. The Labute approximate surface area is 202 Å². The van der Waals surface area contributed by atoms with E-state index in [1.54, 1.807) is 12.1 Å². The van der Waals surface area contributed by atoms with Gasteiger partial charge in [0.1, 0.15) is 5.82 Å². The Bertz CT molecular complexity index is 1030. The lowest BCUT2D eigenvalue weighted by Gasteiger charge is -2.39. The lowest BCUT2D eigenvalue weighted by atomic mass is 9.64. The Morgan fingerprint density at radius 3 is 2.21 bits per heavy atom. The van der Waals surface area contributed by atoms with Gasteiger partial charge in [-0.2, -0.15) is 0 Å². The number of aryl methyl sites for hydroxylation is 1. The molecule has 0 unspecified atom stereocenters. The topological polar surface area (TPSA) is 69.6 Å². The molecular formula is C28H37FN2O3. The molecule has 2 N–H and O–H groups in total. The lowest BCUT2D eigenvalue weighted by Crippen LogP contribution is -2.42. The van der Waals surface area contributed by atoms with Crippen molar-refractivity contribution in [2.24, 2.45) is 11.8 Å². The van der Waals surface area contributed by atoms with Gasteiger partial charge >= 0.3 is 5.97 Å². The fourth-order valence-electron chi connectivity index (χ4n) is 4.68. The summed E-state index contributed by atoms with van der Waals surface area (Å²) in [5, 5.41) is 12.9. The number of hydrogen-bond donors (Lipinski definition) is 2. The van der Waals surface area contributed by atoms with Crippen LogP contribution in [0, 0.1) is 24.6 Å². The van der Waals surface area contributed by atoms with Crippen LogP contribution in [0.4, 0.5) is 15.8 Å². The largest absolute Gasteiger partial charge is 0.481 e. The number of aliphatic carboxylic acids is 1. The third-order valence-electron chi connectivity index (χ3n) is 6.51. The summed E-state index contributed by atoms with van der Waals surface area (Å²) in [5.41, 5.74) is 2.40. The first-order valence-corrected chi connectivity index (χ1v) is 12.2. The smallest absolute Gasteiger partial charge is 0.314 e. The van der Waals surface area contributed by atoms with E-state index in [4.69, 9.17) is 0 Å². The minimum Gasteiger partial charge on any atom is -0.481 e. The number of carbonyl (C=O) groups excluding carboxylic acids is 1. The zero-order valence-corrected chi connectivity index (χ0v) is 21.0. The van der Waals surface area contributed by atoms with Crippen LogP contribution < -0.4 is 10.2 Å². The van der Waals surface area contributed by atoms with Crippen LogP contribution in [0.2, 0.25) is 0 Å². The Morgan fingerprint density at radius 2 is 1.71 bits per heavy atom. The molecule has 184 valence electrons. The second-order valence-corrected chi connectivity index (χ2v) is 10.5. The van der Waals surface area contributed by atoms with E-state index in [1.165, 1.54) is 6.07 Å². The number of carbonyl (C=O) groups is 2. The van der Waals surface area contributed by atoms with Gasteiger partial charge in [0.25, 0.3) is 0 Å². The molecule has 6 heteroatoms. The van der Waals surface area contributed by atoms with Gasteiger partial charge in [-0.1, -0.05) is 52.3 Å². The first-order chi connectivity index (χ1) is 16.0. The lowest BCUT2D eigenvalue weighted by molar-refractivity contribution is -0.147. The third-order valence-corrected chi connectivity index (χ3v) is 6.51. The van der Waals surface area contributed by atoms with Crippen LogP contribution in [-0.2, 0) is 21.4 Å². The van der Waals surface area contributed by atoms with Gasteiger partial charge in [-0.3, -0.25) is 9.59 Å². The highest BCUT2D eigenvalue weighted by Crippen LogP contribution is 2.46. The quantitative estimate of drug-likeness (QED) is 0.453.